The smallest absolute Gasteiger partial charge is 0.316 e. The van der Waals surface area contributed by atoms with E-state index in [9.17, 15) is 14.0 Å². The van der Waals surface area contributed by atoms with Crippen molar-refractivity contribution in [2.45, 2.75) is 6.42 Å². The molecule has 3 amide bonds. The molecule has 4 N–H and O–H groups in total. The number of nitrogens with two attached hydrogens (primary N) is 1. The van der Waals surface area contributed by atoms with E-state index in [1.54, 1.807) is 24.3 Å². The number of halogens is 1. The Hall–Kier alpha value is -3.09. The summed E-state index contributed by atoms with van der Waals surface area (Å²) in [6.45, 7) is 0.163. The Kier molecular flexibility index (Phi) is 5.51. The molecule has 0 fully saturated rings. The van der Waals surface area contributed by atoms with Crippen LogP contribution in [0.3, 0.4) is 0 Å². The van der Waals surface area contributed by atoms with Gasteiger partial charge in [0, 0.05) is 11.4 Å². The molecular weight excluding hydrogens is 301 g/mol. The van der Waals surface area contributed by atoms with Gasteiger partial charge in [-0.05, 0) is 42.5 Å². The van der Waals surface area contributed by atoms with Crippen LogP contribution in [0.2, 0.25) is 0 Å². The highest BCUT2D eigenvalue weighted by Gasteiger charge is 2.05. The summed E-state index contributed by atoms with van der Waals surface area (Å²) in [6.07, 6.45) is 0.130. The van der Waals surface area contributed by atoms with Crippen molar-refractivity contribution in [2.75, 3.05) is 17.2 Å². The second-order valence-corrected chi connectivity index (χ2v) is 4.67. The van der Waals surface area contributed by atoms with Crippen molar-refractivity contribution in [2.24, 2.45) is 5.73 Å². The van der Waals surface area contributed by atoms with Crippen LogP contribution in [-0.2, 0) is 4.79 Å². The van der Waals surface area contributed by atoms with Gasteiger partial charge < -0.3 is 21.1 Å². The fraction of sp³-hybridized carbons (Fsp3) is 0.125. The van der Waals surface area contributed by atoms with Gasteiger partial charge in [-0.3, -0.25) is 4.79 Å². The van der Waals surface area contributed by atoms with Gasteiger partial charge in [-0.1, -0.05) is 6.07 Å². The van der Waals surface area contributed by atoms with Crippen LogP contribution in [0, 0.1) is 5.82 Å². The Morgan fingerprint density at radius 2 is 1.70 bits per heavy atom. The van der Waals surface area contributed by atoms with Crippen LogP contribution in [0.25, 0.3) is 0 Å². The average Bonchev–Trinajstić information content (AvgIpc) is 2.49. The Bertz CT molecular complexity index is 689. The summed E-state index contributed by atoms with van der Waals surface area (Å²) in [7, 11) is 0. The predicted molar refractivity (Wildman–Crippen MR) is 84.8 cm³/mol. The number of hydrogen-bond acceptors (Lipinski definition) is 3. The van der Waals surface area contributed by atoms with E-state index in [0.717, 1.165) is 0 Å². The highest BCUT2D eigenvalue weighted by molar-refractivity contribution is 5.93. The first-order valence-electron chi connectivity index (χ1n) is 6.87. The van der Waals surface area contributed by atoms with Gasteiger partial charge in [-0.2, -0.15) is 0 Å². The number of anilines is 2. The number of carbonyl (C=O) groups excluding carboxylic acids is 2. The van der Waals surface area contributed by atoms with Crippen molar-refractivity contribution in [3.05, 3.63) is 54.3 Å². The Morgan fingerprint density at radius 3 is 2.35 bits per heavy atom. The molecule has 0 aliphatic heterocycles. The summed E-state index contributed by atoms with van der Waals surface area (Å²) in [5.74, 6) is -0.102. The highest BCUT2D eigenvalue weighted by atomic mass is 19.1. The first kappa shape index (κ1) is 16.3. The van der Waals surface area contributed by atoms with Crippen LogP contribution in [0.4, 0.5) is 20.6 Å². The van der Waals surface area contributed by atoms with Gasteiger partial charge >= 0.3 is 6.03 Å². The molecular formula is C16H16FN3O3. The highest BCUT2D eigenvalue weighted by Crippen LogP contribution is 2.15. The zero-order chi connectivity index (χ0) is 16.7. The maximum atomic E-state index is 12.7. The van der Waals surface area contributed by atoms with E-state index >= 15 is 0 Å². The lowest BCUT2D eigenvalue weighted by atomic mass is 10.2. The number of hydrogen-bond donors (Lipinski definition) is 3. The lowest BCUT2D eigenvalue weighted by Crippen LogP contribution is -2.19. The molecule has 0 spiro atoms. The van der Waals surface area contributed by atoms with Crippen LogP contribution in [-0.4, -0.2) is 18.5 Å². The monoisotopic (exact) mass is 317 g/mol. The molecule has 0 bridgehead atoms. The molecule has 120 valence electrons. The van der Waals surface area contributed by atoms with Crippen LogP contribution in [0.5, 0.6) is 5.75 Å². The first-order valence-corrected chi connectivity index (χ1v) is 6.87. The minimum absolute atomic E-state index is 0.130. The maximum absolute atomic E-state index is 12.7. The quantitative estimate of drug-likeness (QED) is 0.764. The minimum Gasteiger partial charge on any atom is -0.493 e. The molecule has 7 heteroatoms. The molecule has 0 saturated heterocycles. The van der Waals surface area contributed by atoms with Gasteiger partial charge in [0.05, 0.1) is 13.0 Å². The molecule has 0 radical (unpaired) electrons. The Labute approximate surface area is 132 Å². The van der Waals surface area contributed by atoms with Gasteiger partial charge in [0.15, 0.2) is 0 Å². The Balaban J connectivity index is 1.80. The van der Waals surface area contributed by atoms with Gasteiger partial charge in [0.25, 0.3) is 0 Å². The molecule has 6 nitrogen and oxygen atoms in total. The van der Waals surface area contributed by atoms with Crippen LogP contribution >= 0.6 is 0 Å². The van der Waals surface area contributed by atoms with Crippen molar-refractivity contribution in [1.29, 1.82) is 0 Å². The third kappa shape index (κ3) is 5.66. The summed E-state index contributed by atoms with van der Waals surface area (Å²) in [6, 6.07) is 11.5. The average molecular weight is 317 g/mol. The van der Waals surface area contributed by atoms with Gasteiger partial charge in [-0.25, -0.2) is 9.18 Å². The minimum atomic E-state index is -0.679. The summed E-state index contributed by atoms with van der Waals surface area (Å²) in [4.78, 5) is 22.6. The second-order valence-electron chi connectivity index (χ2n) is 4.67. The Morgan fingerprint density at radius 1 is 1.04 bits per heavy atom. The van der Waals surface area contributed by atoms with Crippen LogP contribution < -0.4 is 21.1 Å². The van der Waals surface area contributed by atoms with E-state index in [4.69, 9.17) is 10.5 Å². The van der Waals surface area contributed by atoms with Gasteiger partial charge in [0.2, 0.25) is 5.91 Å². The SMILES string of the molecule is NC(=O)Nc1cccc(NC(=O)CCOc2ccc(F)cc2)c1. The predicted octanol–water partition coefficient (Wildman–Crippen LogP) is 2.72. The van der Waals surface area contributed by atoms with Gasteiger partial charge in [-0.15, -0.1) is 0 Å². The summed E-state index contributed by atoms with van der Waals surface area (Å²) in [5.41, 5.74) is 6.04. The van der Waals surface area contributed by atoms with Crippen molar-refractivity contribution < 1.29 is 18.7 Å². The van der Waals surface area contributed by atoms with Gasteiger partial charge in [0.1, 0.15) is 11.6 Å². The lowest BCUT2D eigenvalue weighted by molar-refractivity contribution is -0.116. The summed E-state index contributed by atoms with van der Waals surface area (Å²) in [5, 5.41) is 5.10. The first-order chi connectivity index (χ1) is 11.0. The number of rotatable bonds is 6. The molecule has 2 rings (SSSR count). The second kappa shape index (κ2) is 7.79. The molecule has 23 heavy (non-hydrogen) atoms. The molecule has 0 aliphatic carbocycles. The molecule has 0 aliphatic rings. The van der Waals surface area contributed by atoms with Crippen LogP contribution in [0.15, 0.2) is 48.5 Å². The fourth-order valence-corrected chi connectivity index (χ4v) is 1.83. The van der Waals surface area contributed by atoms with Crippen molar-refractivity contribution in [3.63, 3.8) is 0 Å². The van der Waals surface area contributed by atoms with Crippen molar-refractivity contribution >= 4 is 23.3 Å². The number of amides is 3. The molecule has 0 saturated carbocycles. The zero-order valence-corrected chi connectivity index (χ0v) is 12.2. The molecule has 2 aromatic carbocycles. The number of carbonyl (C=O) groups is 2. The van der Waals surface area contributed by atoms with E-state index in [0.29, 0.717) is 17.1 Å². The third-order valence-electron chi connectivity index (χ3n) is 2.83. The number of ether oxygens (including phenoxy) is 1. The summed E-state index contributed by atoms with van der Waals surface area (Å²) < 4.78 is 18.1. The molecule has 0 unspecified atom stereocenters. The van der Waals surface area contributed by atoms with E-state index in [-0.39, 0.29) is 24.8 Å². The molecule has 2 aromatic rings. The van der Waals surface area contributed by atoms with E-state index in [1.165, 1.54) is 24.3 Å². The topological polar surface area (TPSA) is 93.5 Å². The van der Waals surface area contributed by atoms with E-state index in [1.807, 2.05) is 0 Å². The molecule has 0 heterocycles. The lowest BCUT2D eigenvalue weighted by Gasteiger charge is -2.09. The largest absolute Gasteiger partial charge is 0.493 e. The van der Waals surface area contributed by atoms with E-state index < -0.39 is 6.03 Å². The standard InChI is InChI=1S/C16H16FN3O3/c17-11-4-6-14(7-5-11)23-9-8-15(21)19-12-2-1-3-13(10-12)20-16(18)22/h1-7,10H,8-9H2,(H,19,21)(H3,18,20,22). The normalized spacial score (nSPS) is 9.96. The molecule has 0 aromatic heterocycles. The van der Waals surface area contributed by atoms with E-state index in [2.05, 4.69) is 10.6 Å². The zero-order valence-electron chi connectivity index (χ0n) is 12.2. The maximum Gasteiger partial charge on any atom is 0.316 e. The van der Waals surface area contributed by atoms with Crippen molar-refractivity contribution in [3.8, 4) is 5.75 Å². The number of primary amides is 1. The summed E-state index contributed by atoms with van der Waals surface area (Å²) >= 11 is 0. The third-order valence-corrected chi connectivity index (χ3v) is 2.83. The molecule has 0 atom stereocenters. The number of urea groups is 1. The number of benzene rings is 2. The van der Waals surface area contributed by atoms with Crippen LogP contribution in [0.1, 0.15) is 6.42 Å². The van der Waals surface area contributed by atoms with Crippen molar-refractivity contribution in [1.82, 2.24) is 0 Å². The fourth-order valence-electron chi connectivity index (χ4n) is 1.83. The number of nitrogens with one attached hydrogen (secondary N) is 2.